The first kappa shape index (κ1) is 17.0. The topological polar surface area (TPSA) is 55.1 Å². The number of hydrogen-bond donors (Lipinski definition) is 1. The number of carbonyl (C=O) groups is 1. The van der Waals surface area contributed by atoms with Gasteiger partial charge in [-0.1, -0.05) is 29.8 Å². The van der Waals surface area contributed by atoms with E-state index in [1.165, 1.54) is 12.3 Å². The second kappa shape index (κ2) is 6.60. The first-order valence-corrected chi connectivity index (χ1v) is 7.39. The highest BCUT2D eigenvalue weighted by atomic mass is 35.5. The molecule has 1 aromatic heterocycles. The van der Waals surface area contributed by atoms with Crippen LogP contribution >= 0.6 is 11.6 Å². The molecule has 0 unspecified atom stereocenters. The van der Waals surface area contributed by atoms with Gasteiger partial charge in [-0.25, -0.2) is 4.98 Å². The molecule has 0 aliphatic carbocycles. The summed E-state index contributed by atoms with van der Waals surface area (Å²) in [5.74, 6) is -0.980. The van der Waals surface area contributed by atoms with Gasteiger partial charge in [-0.15, -0.1) is 0 Å². The standard InChI is InChI=1S/C17H10ClF3N2O2/c18-12-4-1-10(2-5-12)11-3-6-13(14(7-11)17(19,20)21)16(24)23-15-8-22-9-25-15/h1-9H,(H,23,24). The van der Waals surface area contributed by atoms with Gasteiger partial charge in [0, 0.05) is 5.02 Å². The van der Waals surface area contributed by atoms with Gasteiger partial charge in [0.1, 0.15) is 0 Å². The van der Waals surface area contributed by atoms with Crippen LogP contribution in [0.1, 0.15) is 15.9 Å². The Hall–Kier alpha value is -2.80. The molecular formula is C17H10ClF3N2O2. The summed E-state index contributed by atoms with van der Waals surface area (Å²) >= 11 is 5.79. The van der Waals surface area contributed by atoms with Crippen molar-refractivity contribution in [3.63, 3.8) is 0 Å². The fourth-order valence-electron chi connectivity index (χ4n) is 2.26. The summed E-state index contributed by atoms with van der Waals surface area (Å²) in [6, 6.07) is 9.85. The van der Waals surface area contributed by atoms with Gasteiger partial charge in [0.05, 0.1) is 17.3 Å². The summed E-state index contributed by atoms with van der Waals surface area (Å²) in [6.45, 7) is 0. The first-order chi connectivity index (χ1) is 11.8. The lowest BCUT2D eigenvalue weighted by Gasteiger charge is -2.14. The smallest absolute Gasteiger partial charge is 0.417 e. The van der Waals surface area contributed by atoms with E-state index in [1.807, 2.05) is 0 Å². The summed E-state index contributed by atoms with van der Waals surface area (Å²) in [4.78, 5) is 15.7. The molecule has 0 atom stereocenters. The molecule has 3 aromatic rings. The lowest BCUT2D eigenvalue weighted by Crippen LogP contribution is -2.18. The summed E-state index contributed by atoms with van der Waals surface area (Å²) in [6.07, 6.45) is -2.45. The van der Waals surface area contributed by atoms with Crippen molar-refractivity contribution < 1.29 is 22.4 Å². The second-order valence-electron chi connectivity index (χ2n) is 5.08. The highest BCUT2D eigenvalue weighted by molar-refractivity contribution is 6.30. The van der Waals surface area contributed by atoms with E-state index in [-0.39, 0.29) is 5.88 Å². The Balaban J connectivity index is 2.01. The molecule has 0 bridgehead atoms. The second-order valence-corrected chi connectivity index (χ2v) is 5.52. The van der Waals surface area contributed by atoms with Gasteiger partial charge in [0.25, 0.3) is 5.91 Å². The van der Waals surface area contributed by atoms with Crippen molar-refractivity contribution in [2.75, 3.05) is 5.32 Å². The van der Waals surface area contributed by atoms with Crippen LogP contribution in [0.4, 0.5) is 19.1 Å². The van der Waals surface area contributed by atoms with Gasteiger partial charge < -0.3 is 4.42 Å². The minimum absolute atomic E-state index is 0.0418. The fraction of sp³-hybridized carbons (Fsp3) is 0.0588. The lowest BCUT2D eigenvalue weighted by molar-refractivity contribution is -0.137. The van der Waals surface area contributed by atoms with Crippen LogP contribution in [0.3, 0.4) is 0 Å². The van der Waals surface area contributed by atoms with E-state index >= 15 is 0 Å². The molecule has 0 aliphatic rings. The van der Waals surface area contributed by atoms with Gasteiger partial charge in [-0.2, -0.15) is 13.2 Å². The number of oxazole rings is 1. The molecule has 1 amide bonds. The molecule has 0 aliphatic heterocycles. The molecule has 0 saturated heterocycles. The monoisotopic (exact) mass is 366 g/mol. The van der Waals surface area contributed by atoms with Gasteiger partial charge in [0.15, 0.2) is 6.39 Å². The van der Waals surface area contributed by atoms with E-state index in [1.54, 1.807) is 24.3 Å². The first-order valence-electron chi connectivity index (χ1n) is 7.01. The zero-order valence-electron chi connectivity index (χ0n) is 12.5. The predicted octanol–water partition coefficient (Wildman–Crippen LogP) is 5.27. The number of aromatic nitrogens is 1. The predicted molar refractivity (Wildman–Crippen MR) is 86.3 cm³/mol. The summed E-state index contributed by atoms with van der Waals surface area (Å²) in [7, 11) is 0. The molecule has 0 fully saturated rings. The molecule has 2 aromatic carbocycles. The van der Waals surface area contributed by atoms with E-state index in [0.29, 0.717) is 16.1 Å². The van der Waals surface area contributed by atoms with Crippen molar-refractivity contribution in [1.29, 1.82) is 0 Å². The normalized spacial score (nSPS) is 11.4. The Labute approximate surface area is 145 Å². The van der Waals surface area contributed by atoms with Crippen molar-refractivity contribution in [2.24, 2.45) is 0 Å². The number of hydrogen-bond acceptors (Lipinski definition) is 3. The summed E-state index contributed by atoms with van der Waals surface area (Å²) in [5, 5.41) is 2.71. The number of rotatable bonds is 3. The molecule has 3 rings (SSSR count). The number of halogens is 4. The van der Waals surface area contributed by atoms with Gasteiger partial charge in [-0.3, -0.25) is 10.1 Å². The van der Waals surface area contributed by atoms with Gasteiger partial charge >= 0.3 is 6.18 Å². The SMILES string of the molecule is O=C(Nc1cnco1)c1ccc(-c2ccc(Cl)cc2)cc1C(F)(F)F. The van der Waals surface area contributed by atoms with Gasteiger partial charge in [-0.05, 0) is 35.4 Å². The van der Waals surface area contributed by atoms with Crippen molar-refractivity contribution in [3.05, 3.63) is 71.2 Å². The van der Waals surface area contributed by atoms with E-state index in [4.69, 9.17) is 16.0 Å². The minimum Gasteiger partial charge on any atom is -0.428 e. The largest absolute Gasteiger partial charge is 0.428 e. The Kier molecular flexibility index (Phi) is 4.50. The van der Waals surface area contributed by atoms with Crippen LogP contribution in [-0.4, -0.2) is 10.9 Å². The summed E-state index contributed by atoms with van der Waals surface area (Å²) in [5.41, 5.74) is -0.684. The molecular weight excluding hydrogens is 357 g/mol. The average Bonchev–Trinajstić information content (AvgIpc) is 3.07. The third-order valence-corrected chi connectivity index (χ3v) is 3.67. The fourth-order valence-corrected chi connectivity index (χ4v) is 2.38. The van der Waals surface area contributed by atoms with E-state index in [9.17, 15) is 18.0 Å². The van der Waals surface area contributed by atoms with Crippen LogP contribution in [0.2, 0.25) is 5.02 Å². The van der Waals surface area contributed by atoms with Crippen molar-refractivity contribution in [1.82, 2.24) is 4.98 Å². The minimum atomic E-state index is -4.70. The maximum Gasteiger partial charge on any atom is 0.417 e. The molecule has 0 radical (unpaired) electrons. The number of alkyl halides is 3. The van der Waals surface area contributed by atoms with Crippen LogP contribution in [0.5, 0.6) is 0 Å². The molecule has 1 heterocycles. The number of nitrogens with zero attached hydrogens (tertiary/aromatic N) is 1. The lowest BCUT2D eigenvalue weighted by atomic mass is 9.98. The van der Waals surface area contributed by atoms with Crippen molar-refractivity contribution in [2.45, 2.75) is 6.18 Å². The molecule has 1 N–H and O–H groups in total. The van der Waals surface area contributed by atoms with Crippen LogP contribution in [0, 0.1) is 0 Å². The van der Waals surface area contributed by atoms with Crippen LogP contribution in [0.15, 0.2) is 59.5 Å². The van der Waals surface area contributed by atoms with Crippen LogP contribution in [0.25, 0.3) is 11.1 Å². The molecule has 128 valence electrons. The maximum atomic E-state index is 13.4. The highest BCUT2D eigenvalue weighted by Gasteiger charge is 2.35. The number of carbonyl (C=O) groups excluding carboxylic acids is 1. The zero-order valence-corrected chi connectivity index (χ0v) is 13.2. The third kappa shape index (κ3) is 3.83. The highest BCUT2D eigenvalue weighted by Crippen LogP contribution is 2.35. The molecule has 8 heteroatoms. The Bertz CT molecular complexity index is 891. The molecule has 0 saturated carbocycles. The van der Waals surface area contributed by atoms with E-state index in [2.05, 4.69) is 10.3 Å². The molecule has 4 nitrogen and oxygen atoms in total. The number of anilines is 1. The summed E-state index contributed by atoms with van der Waals surface area (Å²) < 4.78 is 45.0. The number of benzene rings is 2. The maximum absolute atomic E-state index is 13.4. The Morgan fingerprint density at radius 1 is 1.08 bits per heavy atom. The van der Waals surface area contributed by atoms with E-state index < -0.39 is 23.2 Å². The van der Waals surface area contributed by atoms with Gasteiger partial charge in [0.2, 0.25) is 5.88 Å². The Morgan fingerprint density at radius 2 is 1.76 bits per heavy atom. The average molecular weight is 367 g/mol. The quantitative estimate of drug-likeness (QED) is 0.687. The third-order valence-electron chi connectivity index (χ3n) is 3.42. The van der Waals surface area contributed by atoms with Crippen LogP contribution < -0.4 is 5.32 Å². The van der Waals surface area contributed by atoms with E-state index in [0.717, 1.165) is 18.5 Å². The molecule has 25 heavy (non-hydrogen) atoms. The van der Waals surface area contributed by atoms with Crippen LogP contribution in [-0.2, 0) is 6.18 Å². The molecule has 0 spiro atoms. The zero-order chi connectivity index (χ0) is 18.0. The number of nitrogens with one attached hydrogen (secondary N) is 1. The van der Waals surface area contributed by atoms with Crippen molar-refractivity contribution in [3.8, 4) is 11.1 Å². The van der Waals surface area contributed by atoms with Crippen molar-refractivity contribution >= 4 is 23.4 Å². The Morgan fingerprint density at radius 3 is 2.36 bits per heavy atom. The number of amides is 1.